The third-order valence-electron chi connectivity index (χ3n) is 5.61. The van der Waals surface area contributed by atoms with Gasteiger partial charge in [-0.3, -0.25) is 0 Å². The van der Waals surface area contributed by atoms with Crippen molar-refractivity contribution < 1.29 is 9.47 Å². The van der Waals surface area contributed by atoms with E-state index in [9.17, 15) is 0 Å². The van der Waals surface area contributed by atoms with Gasteiger partial charge in [-0.05, 0) is 49.6 Å². The Labute approximate surface area is 169 Å². The third-order valence-corrected chi connectivity index (χ3v) is 5.96. The predicted molar refractivity (Wildman–Crippen MR) is 113 cm³/mol. The minimum absolute atomic E-state index is 0.354. The maximum Gasteiger partial charge on any atom is 0.162 e. The molecule has 144 valence electrons. The molecule has 0 spiro atoms. The summed E-state index contributed by atoms with van der Waals surface area (Å²) in [7, 11) is 0. The van der Waals surface area contributed by atoms with Gasteiger partial charge in [0, 0.05) is 17.5 Å². The Kier molecular flexibility index (Phi) is 4.64. The summed E-state index contributed by atoms with van der Waals surface area (Å²) >= 11 is 5.68. The van der Waals surface area contributed by atoms with E-state index in [0.29, 0.717) is 25.2 Å². The van der Waals surface area contributed by atoms with E-state index in [-0.39, 0.29) is 0 Å². The highest BCUT2D eigenvalue weighted by Gasteiger charge is 2.26. The Balaban J connectivity index is 1.28. The summed E-state index contributed by atoms with van der Waals surface area (Å²) in [6, 6.07) is 14.5. The molecule has 6 heteroatoms. The summed E-state index contributed by atoms with van der Waals surface area (Å²) in [5.74, 6) is 3.09. The Morgan fingerprint density at radius 1 is 1.07 bits per heavy atom. The van der Waals surface area contributed by atoms with Crippen LogP contribution in [0.15, 0.2) is 42.5 Å². The monoisotopic (exact) mass is 393 g/mol. The number of ether oxygens (including phenoxy) is 2. The molecule has 0 saturated heterocycles. The molecule has 2 aromatic carbocycles. The molecule has 1 aromatic heterocycles. The van der Waals surface area contributed by atoms with Gasteiger partial charge < -0.3 is 19.8 Å². The van der Waals surface area contributed by atoms with Crippen molar-refractivity contribution in [3.05, 3.63) is 53.9 Å². The van der Waals surface area contributed by atoms with Crippen LogP contribution in [0, 0.1) is 0 Å². The number of para-hydroxylation sites is 2. The van der Waals surface area contributed by atoms with Gasteiger partial charge in [-0.25, -0.2) is 4.98 Å². The summed E-state index contributed by atoms with van der Waals surface area (Å²) in [5.41, 5.74) is 3.13. The van der Waals surface area contributed by atoms with Gasteiger partial charge in [-0.1, -0.05) is 30.8 Å². The molecule has 1 aliphatic heterocycles. The number of nitrogens with one attached hydrogen (secondary N) is 2. The van der Waals surface area contributed by atoms with Crippen molar-refractivity contribution in [3.63, 3.8) is 0 Å². The number of nitrogens with zero attached hydrogens (tertiary/aromatic N) is 1. The van der Waals surface area contributed by atoms with Gasteiger partial charge in [0.25, 0.3) is 0 Å². The van der Waals surface area contributed by atoms with Crippen LogP contribution in [-0.4, -0.2) is 34.2 Å². The number of H-pyrrole nitrogens is 1. The molecular weight excluding hydrogens is 370 g/mol. The van der Waals surface area contributed by atoms with Crippen LogP contribution in [0.2, 0.25) is 0 Å². The summed E-state index contributed by atoms with van der Waals surface area (Å²) < 4.78 is 11.3. The molecule has 2 aliphatic rings. The van der Waals surface area contributed by atoms with Crippen LogP contribution in [0.1, 0.15) is 43.0 Å². The van der Waals surface area contributed by atoms with E-state index < -0.39 is 0 Å². The van der Waals surface area contributed by atoms with Crippen LogP contribution in [0.4, 0.5) is 0 Å². The zero-order valence-electron chi connectivity index (χ0n) is 15.6. The largest absolute Gasteiger partial charge is 0.486 e. The average Bonchev–Trinajstić information content (AvgIpc) is 3.18. The number of hydrogen-bond acceptors (Lipinski definition) is 4. The number of aromatic amines is 1. The first-order valence-corrected chi connectivity index (χ1v) is 10.3. The highest BCUT2D eigenvalue weighted by Crippen LogP contribution is 2.34. The molecule has 5 rings (SSSR count). The fourth-order valence-electron chi connectivity index (χ4n) is 4.19. The normalized spacial score (nSPS) is 21.4. The summed E-state index contributed by atoms with van der Waals surface area (Å²) in [6.45, 7) is 1.18. The van der Waals surface area contributed by atoms with Gasteiger partial charge >= 0.3 is 0 Å². The number of imidazole rings is 1. The fourth-order valence-corrected chi connectivity index (χ4v) is 4.48. The molecule has 1 saturated carbocycles. The van der Waals surface area contributed by atoms with Crippen molar-refractivity contribution in [2.45, 2.75) is 37.6 Å². The maximum atomic E-state index is 5.68. The molecule has 3 aromatic rings. The summed E-state index contributed by atoms with van der Waals surface area (Å²) in [4.78, 5) is 9.08. The summed E-state index contributed by atoms with van der Waals surface area (Å²) in [5, 5.41) is 3.57. The summed E-state index contributed by atoms with van der Waals surface area (Å²) in [6.07, 6.45) is 4.49. The second-order valence-electron chi connectivity index (χ2n) is 7.53. The molecule has 1 unspecified atom stereocenters. The van der Waals surface area contributed by atoms with Crippen LogP contribution in [0.5, 0.6) is 11.5 Å². The molecule has 1 aliphatic carbocycles. The molecule has 1 fully saturated rings. The van der Waals surface area contributed by atoms with Crippen molar-refractivity contribution in [1.29, 1.82) is 0 Å². The molecule has 2 atom stereocenters. The zero-order chi connectivity index (χ0) is 18.9. The van der Waals surface area contributed by atoms with E-state index in [2.05, 4.69) is 22.4 Å². The average molecular weight is 394 g/mol. The topological polar surface area (TPSA) is 59.2 Å². The number of aromatic nitrogens is 2. The molecule has 0 bridgehead atoms. The molecule has 0 radical (unpaired) electrons. The van der Waals surface area contributed by atoms with Crippen molar-refractivity contribution in [1.82, 2.24) is 15.3 Å². The van der Waals surface area contributed by atoms with Crippen LogP contribution in [-0.2, 0) is 0 Å². The molecule has 2 heterocycles. The van der Waals surface area contributed by atoms with E-state index in [4.69, 9.17) is 26.7 Å². The molecular formula is C22H23N3O2S. The highest BCUT2D eigenvalue weighted by atomic mass is 32.1. The molecule has 0 amide bonds. The van der Waals surface area contributed by atoms with E-state index >= 15 is 0 Å². The highest BCUT2D eigenvalue weighted by molar-refractivity contribution is 7.80. The van der Waals surface area contributed by atoms with E-state index in [1.165, 1.54) is 6.42 Å². The Hall–Kier alpha value is -2.60. The molecule has 28 heavy (non-hydrogen) atoms. The lowest BCUT2D eigenvalue weighted by Gasteiger charge is -2.29. The second-order valence-corrected chi connectivity index (χ2v) is 7.94. The van der Waals surface area contributed by atoms with E-state index in [0.717, 1.165) is 58.2 Å². The number of hydrogen-bond donors (Lipinski definition) is 2. The van der Waals surface area contributed by atoms with Crippen molar-refractivity contribution in [2.75, 3.05) is 13.2 Å². The second kappa shape index (κ2) is 7.43. The quantitative estimate of drug-likeness (QED) is 0.649. The standard InChI is InChI=1S/C22H23N3O2S/c28-22(15-8-9-19-20(13-15)27-11-10-26-19)23-16-5-3-4-14(12-16)21-24-17-6-1-2-7-18(17)25-21/h1-2,6-9,13-14,16H,3-5,10-12H2,(H,23,28)(H,24,25)/t14-,16?/m0/s1. The minimum atomic E-state index is 0.354. The lowest BCUT2D eigenvalue weighted by molar-refractivity contribution is 0.171. The third kappa shape index (κ3) is 3.44. The van der Waals surface area contributed by atoms with Crippen LogP contribution < -0.4 is 14.8 Å². The van der Waals surface area contributed by atoms with Gasteiger partial charge in [0.1, 0.15) is 24.0 Å². The number of thiocarbonyl (C=S) groups is 1. The van der Waals surface area contributed by atoms with Gasteiger partial charge in [0.15, 0.2) is 11.5 Å². The zero-order valence-corrected chi connectivity index (χ0v) is 16.4. The first kappa shape index (κ1) is 17.5. The van der Waals surface area contributed by atoms with Crippen molar-refractivity contribution in [2.24, 2.45) is 0 Å². The van der Waals surface area contributed by atoms with Crippen LogP contribution in [0.3, 0.4) is 0 Å². The molecule has 2 N–H and O–H groups in total. The Bertz CT molecular complexity index is 983. The van der Waals surface area contributed by atoms with Crippen molar-refractivity contribution in [3.8, 4) is 11.5 Å². The SMILES string of the molecule is S=C(NC1CCC[C@H](c2nc3ccccc3[nH]2)C1)c1ccc2c(c1)OCCO2. The first-order valence-electron chi connectivity index (χ1n) is 9.91. The van der Waals surface area contributed by atoms with Crippen LogP contribution in [0.25, 0.3) is 11.0 Å². The smallest absolute Gasteiger partial charge is 0.162 e. The maximum absolute atomic E-state index is 5.68. The van der Waals surface area contributed by atoms with Crippen LogP contribution >= 0.6 is 12.2 Å². The van der Waals surface area contributed by atoms with Gasteiger partial charge in [0.05, 0.1) is 11.0 Å². The lowest BCUT2D eigenvalue weighted by Crippen LogP contribution is -2.37. The Morgan fingerprint density at radius 3 is 2.82 bits per heavy atom. The fraction of sp³-hybridized carbons (Fsp3) is 0.364. The number of benzene rings is 2. The minimum Gasteiger partial charge on any atom is -0.486 e. The van der Waals surface area contributed by atoms with E-state index in [1.807, 2.05) is 30.3 Å². The first-order chi connectivity index (χ1) is 13.8. The van der Waals surface area contributed by atoms with Crippen molar-refractivity contribution >= 4 is 28.2 Å². The Morgan fingerprint density at radius 2 is 1.93 bits per heavy atom. The van der Waals surface area contributed by atoms with Gasteiger partial charge in [-0.15, -0.1) is 0 Å². The van der Waals surface area contributed by atoms with E-state index in [1.54, 1.807) is 0 Å². The predicted octanol–water partition coefficient (Wildman–Crippen LogP) is 4.33. The number of rotatable bonds is 3. The number of fused-ring (bicyclic) bond motifs is 2. The van der Waals surface area contributed by atoms with Gasteiger partial charge in [0.2, 0.25) is 0 Å². The molecule has 5 nitrogen and oxygen atoms in total. The van der Waals surface area contributed by atoms with Gasteiger partial charge in [-0.2, -0.15) is 0 Å². The lowest BCUT2D eigenvalue weighted by atomic mass is 9.85.